The molecule has 0 amide bonds. The van der Waals surface area contributed by atoms with E-state index in [2.05, 4.69) is 18.7 Å². The molecule has 1 aromatic rings. The number of hydrogen-bond donors (Lipinski definition) is 1. The van der Waals surface area contributed by atoms with Crippen molar-refractivity contribution in [3.8, 4) is 5.75 Å². The van der Waals surface area contributed by atoms with Crippen LogP contribution in [0.5, 0.6) is 5.75 Å². The highest BCUT2D eigenvalue weighted by molar-refractivity contribution is 5.74. The topological polar surface area (TPSA) is 38.5 Å². The van der Waals surface area contributed by atoms with Gasteiger partial charge in [-0.05, 0) is 32.9 Å². The van der Waals surface area contributed by atoms with Gasteiger partial charge in [0.2, 0.25) is 0 Å². The molecule has 3 nitrogen and oxygen atoms in total. The fraction of sp³-hybridized carbons (Fsp3) is 0.500. The molecule has 0 spiro atoms. The number of nitrogen functional groups attached to an aromatic ring is 1. The summed E-state index contributed by atoms with van der Waals surface area (Å²) in [6.07, 6.45) is 0. The van der Waals surface area contributed by atoms with Crippen LogP contribution in [0, 0.1) is 0 Å². The second-order valence-corrected chi connectivity index (χ2v) is 3.29. The quantitative estimate of drug-likeness (QED) is 0.756. The molecule has 0 aliphatic carbocycles. The summed E-state index contributed by atoms with van der Waals surface area (Å²) >= 11 is 0. The van der Waals surface area contributed by atoms with Gasteiger partial charge in [0.05, 0.1) is 18.0 Å². The van der Waals surface area contributed by atoms with Crippen molar-refractivity contribution in [1.82, 2.24) is 0 Å². The molecule has 84 valence electrons. The minimum absolute atomic E-state index is 0.645. The zero-order valence-electron chi connectivity index (χ0n) is 9.79. The van der Waals surface area contributed by atoms with Gasteiger partial charge in [-0.25, -0.2) is 0 Å². The van der Waals surface area contributed by atoms with Crippen LogP contribution in [0.15, 0.2) is 18.2 Å². The predicted octanol–water partition coefficient (Wildman–Crippen LogP) is 2.51. The van der Waals surface area contributed by atoms with Gasteiger partial charge < -0.3 is 15.4 Å². The highest BCUT2D eigenvalue weighted by Gasteiger charge is 2.09. The molecule has 0 saturated carbocycles. The maximum atomic E-state index is 6.05. The minimum atomic E-state index is 0.645. The number of hydrogen-bond acceptors (Lipinski definition) is 3. The molecule has 0 heterocycles. The molecule has 0 atom stereocenters. The van der Waals surface area contributed by atoms with Gasteiger partial charge in [0.1, 0.15) is 5.75 Å². The van der Waals surface area contributed by atoms with Gasteiger partial charge in [0, 0.05) is 13.1 Å². The second kappa shape index (κ2) is 5.49. The normalized spacial score (nSPS) is 10.1. The Bertz CT molecular complexity index is 308. The third kappa shape index (κ3) is 2.55. The SMILES string of the molecule is CCOc1cccc(N(CC)CC)c1N. The first-order valence-electron chi connectivity index (χ1n) is 5.50. The van der Waals surface area contributed by atoms with E-state index in [0.717, 1.165) is 30.2 Å². The average molecular weight is 208 g/mol. The first kappa shape index (κ1) is 11.7. The van der Waals surface area contributed by atoms with Crippen molar-refractivity contribution in [3.05, 3.63) is 18.2 Å². The minimum Gasteiger partial charge on any atom is -0.492 e. The van der Waals surface area contributed by atoms with Gasteiger partial charge in [0.15, 0.2) is 0 Å². The van der Waals surface area contributed by atoms with Crippen molar-refractivity contribution in [2.45, 2.75) is 20.8 Å². The van der Waals surface area contributed by atoms with Crippen molar-refractivity contribution < 1.29 is 4.74 Å². The number of ether oxygens (including phenoxy) is 1. The fourth-order valence-electron chi connectivity index (χ4n) is 1.65. The summed E-state index contributed by atoms with van der Waals surface area (Å²) in [5.41, 5.74) is 7.85. The number of nitrogens with two attached hydrogens (primary N) is 1. The van der Waals surface area contributed by atoms with Crippen molar-refractivity contribution >= 4 is 11.4 Å². The van der Waals surface area contributed by atoms with Gasteiger partial charge in [-0.1, -0.05) is 6.07 Å². The lowest BCUT2D eigenvalue weighted by atomic mass is 10.2. The van der Waals surface area contributed by atoms with Gasteiger partial charge >= 0.3 is 0 Å². The Labute approximate surface area is 91.8 Å². The van der Waals surface area contributed by atoms with E-state index in [0.29, 0.717) is 6.61 Å². The maximum absolute atomic E-state index is 6.05. The van der Waals surface area contributed by atoms with E-state index in [1.165, 1.54) is 0 Å². The molecule has 0 aromatic heterocycles. The molecule has 0 aliphatic heterocycles. The van der Waals surface area contributed by atoms with Crippen LogP contribution < -0.4 is 15.4 Å². The van der Waals surface area contributed by atoms with Gasteiger partial charge in [0.25, 0.3) is 0 Å². The first-order chi connectivity index (χ1) is 7.24. The van der Waals surface area contributed by atoms with Crippen molar-refractivity contribution in [3.63, 3.8) is 0 Å². The van der Waals surface area contributed by atoms with Gasteiger partial charge in [-0.3, -0.25) is 0 Å². The Morgan fingerprint density at radius 1 is 1.20 bits per heavy atom. The van der Waals surface area contributed by atoms with Crippen LogP contribution in [-0.4, -0.2) is 19.7 Å². The van der Waals surface area contributed by atoms with Crippen molar-refractivity contribution in [2.24, 2.45) is 0 Å². The summed E-state index contributed by atoms with van der Waals surface area (Å²) in [7, 11) is 0. The third-order valence-corrected chi connectivity index (χ3v) is 2.45. The molecule has 0 unspecified atom stereocenters. The summed E-state index contributed by atoms with van der Waals surface area (Å²) in [6.45, 7) is 8.76. The van der Waals surface area contributed by atoms with Crippen LogP contribution in [0.2, 0.25) is 0 Å². The zero-order valence-corrected chi connectivity index (χ0v) is 9.79. The van der Waals surface area contributed by atoms with Gasteiger partial charge in [-0.2, -0.15) is 0 Å². The Kier molecular flexibility index (Phi) is 4.28. The lowest BCUT2D eigenvalue weighted by Gasteiger charge is -2.23. The van der Waals surface area contributed by atoms with Gasteiger partial charge in [-0.15, -0.1) is 0 Å². The summed E-state index contributed by atoms with van der Waals surface area (Å²) in [6, 6.07) is 5.92. The number of rotatable bonds is 5. The molecule has 0 bridgehead atoms. The van der Waals surface area contributed by atoms with Crippen LogP contribution in [0.4, 0.5) is 11.4 Å². The molecule has 0 saturated heterocycles. The Balaban J connectivity index is 3.02. The monoisotopic (exact) mass is 208 g/mol. The van der Waals surface area contributed by atoms with Crippen LogP contribution in [0.3, 0.4) is 0 Å². The molecule has 0 radical (unpaired) electrons. The van der Waals surface area contributed by atoms with E-state index < -0.39 is 0 Å². The van der Waals surface area contributed by atoms with E-state index in [1.807, 2.05) is 25.1 Å². The molecule has 0 fully saturated rings. The zero-order chi connectivity index (χ0) is 11.3. The molecule has 1 aromatic carbocycles. The number of nitrogens with zero attached hydrogens (tertiary/aromatic N) is 1. The molecule has 3 heteroatoms. The predicted molar refractivity (Wildman–Crippen MR) is 65.6 cm³/mol. The summed E-state index contributed by atoms with van der Waals surface area (Å²) in [4.78, 5) is 2.22. The number of anilines is 2. The van der Waals surface area contributed by atoms with E-state index >= 15 is 0 Å². The lowest BCUT2D eigenvalue weighted by molar-refractivity contribution is 0.342. The highest BCUT2D eigenvalue weighted by atomic mass is 16.5. The van der Waals surface area contributed by atoms with Crippen molar-refractivity contribution in [1.29, 1.82) is 0 Å². The van der Waals surface area contributed by atoms with Crippen LogP contribution in [0.25, 0.3) is 0 Å². The van der Waals surface area contributed by atoms with Crippen molar-refractivity contribution in [2.75, 3.05) is 30.3 Å². The largest absolute Gasteiger partial charge is 0.492 e. The summed E-state index contributed by atoms with van der Waals surface area (Å²) in [5.74, 6) is 0.780. The van der Waals surface area contributed by atoms with Crippen LogP contribution >= 0.6 is 0 Å². The third-order valence-electron chi connectivity index (χ3n) is 2.45. The Morgan fingerprint density at radius 2 is 1.87 bits per heavy atom. The fourth-order valence-corrected chi connectivity index (χ4v) is 1.65. The molecule has 0 aliphatic rings. The van der Waals surface area contributed by atoms with Crippen LogP contribution in [0.1, 0.15) is 20.8 Å². The van der Waals surface area contributed by atoms with Crippen LogP contribution in [-0.2, 0) is 0 Å². The van der Waals surface area contributed by atoms with E-state index in [4.69, 9.17) is 10.5 Å². The number of para-hydroxylation sites is 1. The molecule has 15 heavy (non-hydrogen) atoms. The van der Waals surface area contributed by atoms with E-state index in [9.17, 15) is 0 Å². The van der Waals surface area contributed by atoms with E-state index in [-0.39, 0.29) is 0 Å². The molecule has 2 N–H and O–H groups in total. The highest BCUT2D eigenvalue weighted by Crippen LogP contribution is 2.31. The standard InChI is InChI=1S/C12H20N2O/c1-4-14(5-2)10-8-7-9-11(12(10)13)15-6-3/h7-9H,4-6,13H2,1-3H3. The second-order valence-electron chi connectivity index (χ2n) is 3.29. The maximum Gasteiger partial charge on any atom is 0.144 e. The summed E-state index contributed by atoms with van der Waals surface area (Å²) in [5, 5.41) is 0. The molecular formula is C12H20N2O. The Morgan fingerprint density at radius 3 is 2.40 bits per heavy atom. The van der Waals surface area contributed by atoms with E-state index in [1.54, 1.807) is 0 Å². The Hall–Kier alpha value is -1.38. The first-order valence-corrected chi connectivity index (χ1v) is 5.50. The average Bonchev–Trinajstić information content (AvgIpc) is 2.25. The number of benzene rings is 1. The smallest absolute Gasteiger partial charge is 0.144 e. The molecule has 1 rings (SSSR count). The lowest BCUT2D eigenvalue weighted by Crippen LogP contribution is -2.23. The molecular weight excluding hydrogens is 188 g/mol. The summed E-state index contributed by atoms with van der Waals surface area (Å²) < 4.78 is 5.46.